The van der Waals surface area contributed by atoms with Crippen molar-refractivity contribution in [2.24, 2.45) is 11.8 Å². The van der Waals surface area contributed by atoms with Crippen LogP contribution in [0.2, 0.25) is 0 Å². The maximum absolute atomic E-state index is 12.6. The molecule has 0 aromatic rings. The minimum absolute atomic E-state index is 0.0415. The van der Waals surface area contributed by atoms with E-state index in [2.05, 4.69) is 0 Å². The molecule has 2 aliphatic rings. The molecule has 0 radical (unpaired) electrons. The average Bonchev–Trinajstić information content (AvgIpc) is 3.16. The molecule has 34 heavy (non-hydrogen) atoms. The lowest BCUT2D eigenvalue weighted by atomic mass is 9.81. The van der Waals surface area contributed by atoms with Gasteiger partial charge in [0.1, 0.15) is 12.2 Å². The van der Waals surface area contributed by atoms with Crippen LogP contribution >= 0.6 is 0 Å². The third-order valence-corrected chi connectivity index (χ3v) is 6.81. The quantitative estimate of drug-likeness (QED) is 0.575. The van der Waals surface area contributed by atoms with E-state index in [4.69, 9.17) is 23.7 Å². The summed E-state index contributed by atoms with van der Waals surface area (Å²) in [6.07, 6.45) is 0.343. The first kappa shape index (κ1) is 29.0. The van der Waals surface area contributed by atoms with E-state index in [1.807, 2.05) is 20.8 Å². The van der Waals surface area contributed by atoms with E-state index in [9.17, 15) is 19.8 Å². The molecule has 0 aliphatic carbocycles. The van der Waals surface area contributed by atoms with Gasteiger partial charge in [-0.05, 0) is 51.4 Å². The van der Waals surface area contributed by atoms with Crippen molar-refractivity contribution < 1.29 is 43.5 Å². The molecule has 0 amide bonds. The van der Waals surface area contributed by atoms with Gasteiger partial charge < -0.3 is 33.9 Å². The topological polar surface area (TPSA) is 121 Å². The summed E-state index contributed by atoms with van der Waals surface area (Å²) in [6.45, 7) is 7.45. The van der Waals surface area contributed by atoms with E-state index in [0.717, 1.165) is 19.3 Å². The summed E-state index contributed by atoms with van der Waals surface area (Å²) in [5.74, 6) is -1.55. The number of methoxy groups -OCH3 is 1. The lowest BCUT2D eigenvalue weighted by molar-refractivity contribution is -0.174. The highest BCUT2D eigenvalue weighted by Crippen LogP contribution is 2.32. The Morgan fingerprint density at radius 2 is 1.79 bits per heavy atom. The molecule has 2 aliphatic heterocycles. The normalized spacial score (nSPS) is 39.4. The lowest BCUT2D eigenvalue weighted by Crippen LogP contribution is -2.47. The molecule has 0 spiro atoms. The van der Waals surface area contributed by atoms with Crippen LogP contribution < -0.4 is 0 Å². The highest BCUT2D eigenvalue weighted by Gasteiger charge is 2.40. The van der Waals surface area contributed by atoms with E-state index in [-0.39, 0.29) is 30.5 Å². The Hall–Kier alpha value is -1.26. The predicted octanol–water partition coefficient (Wildman–Crippen LogP) is 2.73. The van der Waals surface area contributed by atoms with Crippen molar-refractivity contribution in [2.45, 2.75) is 122 Å². The maximum atomic E-state index is 12.6. The van der Waals surface area contributed by atoms with E-state index >= 15 is 0 Å². The van der Waals surface area contributed by atoms with E-state index < -0.39 is 42.6 Å². The summed E-state index contributed by atoms with van der Waals surface area (Å²) in [5.41, 5.74) is 0. The minimum Gasteiger partial charge on any atom is -0.463 e. The molecular weight excluding hydrogens is 444 g/mol. The summed E-state index contributed by atoms with van der Waals surface area (Å²) >= 11 is 0. The Morgan fingerprint density at radius 1 is 1.09 bits per heavy atom. The molecule has 9 heteroatoms. The molecule has 9 unspecified atom stereocenters. The van der Waals surface area contributed by atoms with Crippen molar-refractivity contribution in [1.29, 1.82) is 0 Å². The average molecular weight is 489 g/mol. The fraction of sp³-hybridized carbons (Fsp3) is 0.920. The number of hydrogen-bond donors (Lipinski definition) is 2. The molecular formula is C25H44O9. The van der Waals surface area contributed by atoms with Crippen LogP contribution in [0.1, 0.15) is 79.1 Å². The molecule has 2 rings (SSSR count). The Kier molecular flexibility index (Phi) is 12.2. The largest absolute Gasteiger partial charge is 0.463 e. The molecule has 0 aromatic carbocycles. The third kappa shape index (κ3) is 9.41. The Labute approximate surface area is 203 Å². The number of aliphatic hydroxyl groups excluding tert-OH is 2. The highest BCUT2D eigenvalue weighted by atomic mass is 16.7. The number of carbonyl (C=O) groups excluding carboxylic acids is 2. The van der Waals surface area contributed by atoms with Crippen LogP contribution in [-0.4, -0.2) is 78.8 Å². The van der Waals surface area contributed by atoms with E-state index in [1.54, 1.807) is 0 Å². The van der Waals surface area contributed by atoms with Gasteiger partial charge in [0.15, 0.2) is 6.29 Å². The summed E-state index contributed by atoms with van der Waals surface area (Å²) < 4.78 is 28.1. The standard InChI is InChI=1S/C25H44O9/c1-15-11-19(12-23-31-14-17(3)33-23)24(29)25(30-5)21(34-18(4)26)13-22(28)32-16(2)9-7-6-8-10-20(15)27/h15-17,19-21,23-25,27,29H,6-14H2,1-5H3. The van der Waals surface area contributed by atoms with Gasteiger partial charge in [-0.25, -0.2) is 0 Å². The maximum Gasteiger partial charge on any atom is 0.309 e. The fourth-order valence-electron chi connectivity index (χ4n) is 4.92. The number of rotatable bonds is 4. The van der Waals surface area contributed by atoms with Crippen molar-refractivity contribution in [3.63, 3.8) is 0 Å². The lowest BCUT2D eigenvalue weighted by Gasteiger charge is -2.36. The van der Waals surface area contributed by atoms with Gasteiger partial charge in [-0.3, -0.25) is 9.59 Å². The van der Waals surface area contributed by atoms with Crippen molar-refractivity contribution in [1.82, 2.24) is 0 Å². The summed E-state index contributed by atoms with van der Waals surface area (Å²) in [5, 5.41) is 22.2. The molecule has 9 nitrogen and oxygen atoms in total. The Balaban J connectivity index is 2.29. The summed E-state index contributed by atoms with van der Waals surface area (Å²) in [4.78, 5) is 24.4. The smallest absolute Gasteiger partial charge is 0.309 e. The second kappa shape index (κ2) is 14.3. The van der Waals surface area contributed by atoms with Crippen LogP contribution in [0.25, 0.3) is 0 Å². The van der Waals surface area contributed by atoms with Gasteiger partial charge in [-0.2, -0.15) is 0 Å². The van der Waals surface area contributed by atoms with Crippen LogP contribution in [-0.2, 0) is 33.3 Å². The zero-order valence-corrected chi connectivity index (χ0v) is 21.3. The second-order valence-corrected chi connectivity index (χ2v) is 9.97. The van der Waals surface area contributed by atoms with Crippen molar-refractivity contribution in [3.05, 3.63) is 0 Å². The predicted molar refractivity (Wildman–Crippen MR) is 124 cm³/mol. The molecule has 2 fully saturated rings. The minimum atomic E-state index is -1.09. The van der Waals surface area contributed by atoms with Crippen molar-refractivity contribution >= 4 is 11.9 Å². The number of ether oxygens (including phenoxy) is 5. The molecule has 0 bridgehead atoms. The summed E-state index contributed by atoms with van der Waals surface area (Å²) in [7, 11) is 1.41. The first-order valence-corrected chi connectivity index (χ1v) is 12.6. The zero-order valence-electron chi connectivity index (χ0n) is 21.3. The molecule has 2 saturated heterocycles. The molecule has 9 atom stereocenters. The number of esters is 2. The van der Waals surface area contributed by atoms with Crippen LogP contribution in [0, 0.1) is 11.8 Å². The molecule has 198 valence electrons. The van der Waals surface area contributed by atoms with Gasteiger partial charge in [0.05, 0.1) is 37.4 Å². The van der Waals surface area contributed by atoms with E-state index in [1.165, 1.54) is 14.0 Å². The van der Waals surface area contributed by atoms with Crippen molar-refractivity contribution in [2.75, 3.05) is 13.7 Å². The highest BCUT2D eigenvalue weighted by molar-refractivity contribution is 5.71. The van der Waals surface area contributed by atoms with Gasteiger partial charge in [-0.15, -0.1) is 0 Å². The second-order valence-electron chi connectivity index (χ2n) is 9.97. The SMILES string of the molecule is COC1C(OC(C)=O)CC(=O)OC(C)CCCCCC(O)C(C)CC(CC2OCC(C)O2)C1O. The van der Waals surface area contributed by atoms with Gasteiger partial charge in [0, 0.05) is 20.5 Å². The van der Waals surface area contributed by atoms with E-state index in [0.29, 0.717) is 32.3 Å². The van der Waals surface area contributed by atoms with Gasteiger partial charge >= 0.3 is 11.9 Å². The monoisotopic (exact) mass is 488 g/mol. The number of carbonyl (C=O) groups is 2. The summed E-state index contributed by atoms with van der Waals surface area (Å²) in [6, 6.07) is 0. The molecule has 0 aromatic heterocycles. The Morgan fingerprint density at radius 3 is 2.41 bits per heavy atom. The van der Waals surface area contributed by atoms with Crippen LogP contribution in [0.4, 0.5) is 0 Å². The van der Waals surface area contributed by atoms with Gasteiger partial charge in [0.25, 0.3) is 0 Å². The number of hydrogen-bond acceptors (Lipinski definition) is 9. The zero-order chi connectivity index (χ0) is 25.3. The van der Waals surface area contributed by atoms with Gasteiger partial charge in [0.2, 0.25) is 0 Å². The van der Waals surface area contributed by atoms with Crippen LogP contribution in [0.15, 0.2) is 0 Å². The molecule has 2 N–H and O–H groups in total. The number of aliphatic hydroxyl groups is 2. The fourth-order valence-corrected chi connectivity index (χ4v) is 4.92. The Bertz CT molecular complexity index is 628. The molecule has 0 saturated carbocycles. The first-order chi connectivity index (χ1) is 16.1. The number of cyclic esters (lactones) is 1. The third-order valence-electron chi connectivity index (χ3n) is 6.81. The molecule has 2 heterocycles. The first-order valence-electron chi connectivity index (χ1n) is 12.6. The van der Waals surface area contributed by atoms with Crippen LogP contribution in [0.5, 0.6) is 0 Å². The van der Waals surface area contributed by atoms with Gasteiger partial charge in [-0.1, -0.05) is 19.8 Å². The van der Waals surface area contributed by atoms with Crippen molar-refractivity contribution in [3.8, 4) is 0 Å². The van der Waals surface area contributed by atoms with Crippen LogP contribution in [0.3, 0.4) is 0 Å².